The summed E-state index contributed by atoms with van der Waals surface area (Å²) in [6.45, 7) is -0.294. The number of alkyl halides is 2. The van der Waals surface area contributed by atoms with Gasteiger partial charge in [0.05, 0.1) is 12.8 Å². The van der Waals surface area contributed by atoms with Crippen molar-refractivity contribution in [2.75, 3.05) is 24.7 Å². The molecule has 0 fully saturated rings. The predicted molar refractivity (Wildman–Crippen MR) is 55.7 cm³/mol. The van der Waals surface area contributed by atoms with Gasteiger partial charge in [-0.3, -0.25) is 0 Å². The van der Waals surface area contributed by atoms with E-state index in [0.717, 1.165) is 0 Å². The van der Waals surface area contributed by atoms with Gasteiger partial charge in [-0.05, 0) is 12.1 Å². The zero-order valence-corrected chi connectivity index (χ0v) is 8.65. The molecule has 1 rings (SSSR count). The van der Waals surface area contributed by atoms with Crippen molar-refractivity contribution in [3.05, 3.63) is 12.1 Å². The number of ether oxygens (including phenoxy) is 1. The number of halogens is 2. The Labute approximate surface area is 91.2 Å². The van der Waals surface area contributed by atoms with Gasteiger partial charge < -0.3 is 20.9 Å². The quantitative estimate of drug-likeness (QED) is 0.698. The minimum Gasteiger partial charge on any atom is -0.479 e. The zero-order valence-electron chi connectivity index (χ0n) is 8.65. The van der Waals surface area contributed by atoms with E-state index in [4.69, 9.17) is 15.6 Å². The summed E-state index contributed by atoms with van der Waals surface area (Å²) in [5, 5.41) is 11.4. The van der Waals surface area contributed by atoms with Gasteiger partial charge in [0.2, 0.25) is 5.88 Å². The Balaban J connectivity index is 2.61. The van der Waals surface area contributed by atoms with Gasteiger partial charge in [-0.1, -0.05) is 0 Å². The minimum atomic E-state index is -2.79. The smallest absolute Gasteiger partial charge is 0.265 e. The Hall–Kier alpha value is -1.63. The Kier molecular flexibility index (Phi) is 4.24. The second-order valence-corrected chi connectivity index (χ2v) is 3.08. The van der Waals surface area contributed by atoms with Gasteiger partial charge in [-0.15, -0.1) is 0 Å². The van der Waals surface area contributed by atoms with Crippen LogP contribution in [0.4, 0.5) is 20.3 Å². The number of rotatable bonds is 5. The van der Waals surface area contributed by atoms with E-state index in [1.165, 1.54) is 19.2 Å². The highest BCUT2D eigenvalue weighted by Crippen LogP contribution is 2.20. The molecule has 0 saturated carbocycles. The lowest BCUT2D eigenvalue weighted by Gasteiger charge is -2.12. The Morgan fingerprint density at radius 1 is 1.56 bits per heavy atom. The summed E-state index contributed by atoms with van der Waals surface area (Å²) in [5.74, 6) is 0.516. The van der Waals surface area contributed by atoms with E-state index in [9.17, 15) is 8.78 Å². The van der Waals surface area contributed by atoms with Crippen molar-refractivity contribution in [2.45, 2.75) is 12.5 Å². The largest absolute Gasteiger partial charge is 0.479 e. The molecule has 0 spiro atoms. The monoisotopic (exact) mass is 233 g/mol. The summed E-state index contributed by atoms with van der Waals surface area (Å²) in [4.78, 5) is 3.91. The molecular weight excluding hydrogens is 220 g/mol. The first-order chi connectivity index (χ1) is 7.54. The van der Waals surface area contributed by atoms with E-state index in [1.807, 2.05) is 0 Å². The zero-order chi connectivity index (χ0) is 12.1. The molecule has 0 amide bonds. The van der Waals surface area contributed by atoms with Crippen LogP contribution in [0.1, 0.15) is 0 Å². The van der Waals surface area contributed by atoms with Crippen LogP contribution >= 0.6 is 0 Å². The maximum Gasteiger partial charge on any atom is 0.265 e. The Morgan fingerprint density at radius 2 is 2.25 bits per heavy atom. The van der Waals surface area contributed by atoms with E-state index < -0.39 is 12.5 Å². The molecule has 0 saturated heterocycles. The number of anilines is 2. The minimum absolute atomic E-state index is 0.205. The fourth-order valence-electron chi connectivity index (χ4n) is 1.01. The fraction of sp³-hybridized carbons (Fsp3) is 0.444. The lowest BCUT2D eigenvalue weighted by atomic mass is 10.3. The van der Waals surface area contributed by atoms with Gasteiger partial charge in [0.25, 0.3) is 6.43 Å². The number of hydrogen-bond donors (Lipinski definition) is 3. The van der Waals surface area contributed by atoms with E-state index in [0.29, 0.717) is 11.5 Å². The van der Waals surface area contributed by atoms with Gasteiger partial charge in [-0.2, -0.15) is 4.98 Å². The molecule has 1 aromatic rings. The van der Waals surface area contributed by atoms with E-state index >= 15 is 0 Å². The second kappa shape index (κ2) is 5.45. The number of nitrogens with two attached hydrogens (primary N) is 1. The van der Waals surface area contributed by atoms with Gasteiger partial charge in [-0.25, -0.2) is 8.78 Å². The Morgan fingerprint density at radius 3 is 2.81 bits per heavy atom. The summed E-state index contributed by atoms with van der Waals surface area (Å²) < 4.78 is 28.8. The number of methoxy groups -OCH3 is 1. The number of pyridine rings is 1. The van der Waals surface area contributed by atoms with Crippen molar-refractivity contribution in [3.63, 3.8) is 0 Å². The normalized spacial score (nSPS) is 12.6. The molecule has 1 heterocycles. The van der Waals surface area contributed by atoms with Crippen molar-refractivity contribution in [3.8, 4) is 5.88 Å². The first kappa shape index (κ1) is 12.4. The standard InChI is InChI=1S/C9H13F2N3O2/c1-16-9-5(12)2-3-7(14-9)13-4-6(15)8(10)11/h2-3,6,8,15H,4,12H2,1H3,(H,13,14). The maximum absolute atomic E-state index is 12.0. The fourth-order valence-corrected chi connectivity index (χ4v) is 1.01. The number of hydrogen-bond acceptors (Lipinski definition) is 5. The first-order valence-electron chi connectivity index (χ1n) is 4.55. The molecule has 7 heteroatoms. The molecule has 0 radical (unpaired) electrons. The lowest BCUT2D eigenvalue weighted by molar-refractivity contribution is 0.00380. The van der Waals surface area contributed by atoms with Crippen LogP contribution in [0, 0.1) is 0 Å². The van der Waals surface area contributed by atoms with Crippen LogP contribution in [0.5, 0.6) is 5.88 Å². The van der Waals surface area contributed by atoms with Crippen LogP contribution in [0.25, 0.3) is 0 Å². The lowest BCUT2D eigenvalue weighted by Crippen LogP contribution is -2.27. The van der Waals surface area contributed by atoms with E-state index in [-0.39, 0.29) is 12.4 Å². The summed E-state index contributed by atoms with van der Waals surface area (Å²) in [7, 11) is 1.40. The molecule has 0 aliphatic carbocycles. The average molecular weight is 233 g/mol. The molecule has 1 atom stereocenters. The van der Waals surface area contributed by atoms with Crippen molar-refractivity contribution in [1.29, 1.82) is 0 Å². The third-order valence-corrected chi connectivity index (χ3v) is 1.87. The van der Waals surface area contributed by atoms with Crippen LogP contribution < -0.4 is 15.8 Å². The molecule has 0 aromatic carbocycles. The van der Waals surface area contributed by atoms with Gasteiger partial charge in [0.15, 0.2) is 0 Å². The van der Waals surface area contributed by atoms with Crippen LogP contribution in [-0.4, -0.2) is 36.3 Å². The summed E-state index contributed by atoms with van der Waals surface area (Å²) in [5.41, 5.74) is 5.87. The predicted octanol–water partition coefficient (Wildman–Crippen LogP) is 0.710. The third kappa shape index (κ3) is 3.20. The van der Waals surface area contributed by atoms with Crippen LogP contribution in [0.15, 0.2) is 12.1 Å². The molecule has 90 valence electrons. The molecule has 1 unspecified atom stereocenters. The SMILES string of the molecule is COc1nc(NCC(O)C(F)F)ccc1N. The summed E-state index contributed by atoms with van der Waals surface area (Å²) >= 11 is 0. The number of aliphatic hydroxyl groups is 1. The molecule has 0 aliphatic heterocycles. The third-order valence-electron chi connectivity index (χ3n) is 1.87. The highest BCUT2D eigenvalue weighted by Gasteiger charge is 2.16. The molecule has 1 aromatic heterocycles. The highest BCUT2D eigenvalue weighted by atomic mass is 19.3. The second-order valence-electron chi connectivity index (χ2n) is 3.08. The molecule has 5 nitrogen and oxygen atoms in total. The number of aliphatic hydroxyl groups excluding tert-OH is 1. The van der Waals surface area contributed by atoms with Crippen LogP contribution in [0.2, 0.25) is 0 Å². The molecule has 0 aliphatic rings. The van der Waals surface area contributed by atoms with E-state index in [1.54, 1.807) is 0 Å². The number of aromatic nitrogens is 1. The molecule has 4 N–H and O–H groups in total. The summed E-state index contributed by atoms with van der Waals surface area (Å²) in [6, 6.07) is 3.04. The van der Waals surface area contributed by atoms with Crippen LogP contribution in [-0.2, 0) is 0 Å². The highest BCUT2D eigenvalue weighted by molar-refractivity contribution is 5.53. The number of nitrogens with one attached hydrogen (secondary N) is 1. The van der Waals surface area contributed by atoms with Crippen molar-refractivity contribution < 1.29 is 18.6 Å². The molecular formula is C9H13F2N3O2. The van der Waals surface area contributed by atoms with Gasteiger partial charge >= 0.3 is 0 Å². The summed E-state index contributed by atoms with van der Waals surface area (Å²) in [6.07, 6.45) is -4.52. The van der Waals surface area contributed by atoms with Gasteiger partial charge in [0, 0.05) is 6.54 Å². The van der Waals surface area contributed by atoms with Crippen molar-refractivity contribution in [1.82, 2.24) is 4.98 Å². The average Bonchev–Trinajstić information content (AvgIpc) is 2.27. The first-order valence-corrected chi connectivity index (χ1v) is 4.55. The number of nitrogen functional groups attached to an aromatic ring is 1. The van der Waals surface area contributed by atoms with E-state index in [2.05, 4.69) is 10.3 Å². The van der Waals surface area contributed by atoms with Crippen LogP contribution in [0.3, 0.4) is 0 Å². The number of nitrogens with zero attached hydrogens (tertiary/aromatic N) is 1. The van der Waals surface area contributed by atoms with Crippen molar-refractivity contribution in [2.24, 2.45) is 0 Å². The Bertz CT molecular complexity index is 350. The van der Waals surface area contributed by atoms with Gasteiger partial charge in [0.1, 0.15) is 11.9 Å². The maximum atomic E-state index is 12.0. The topological polar surface area (TPSA) is 80.4 Å². The molecule has 0 bridgehead atoms. The molecule has 16 heavy (non-hydrogen) atoms. The van der Waals surface area contributed by atoms with Crippen molar-refractivity contribution >= 4 is 11.5 Å².